The Morgan fingerprint density at radius 1 is 1.15 bits per heavy atom. The molecule has 2 nitrogen and oxygen atoms in total. The van der Waals surface area contributed by atoms with Gasteiger partial charge in [-0.3, -0.25) is 4.98 Å². The maximum Gasteiger partial charge on any atom is 0.0737 e. The number of pyridine rings is 1. The summed E-state index contributed by atoms with van der Waals surface area (Å²) in [6, 6.07) is 8.58. The summed E-state index contributed by atoms with van der Waals surface area (Å²) >= 11 is 6.05. The van der Waals surface area contributed by atoms with Crippen molar-refractivity contribution in [2.75, 3.05) is 5.32 Å². The predicted molar refractivity (Wildman–Crippen MR) is 86.4 cm³/mol. The number of hydrogen-bond acceptors (Lipinski definition) is 2. The molecule has 1 aromatic carbocycles. The van der Waals surface area contributed by atoms with Crippen molar-refractivity contribution in [3.8, 4) is 0 Å². The minimum absolute atomic E-state index is 0.568. The molecule has 1 heterocycles. The van der Waals surface area contributed by atoms with E-state index in [0.29, 0.717) is 6.04 Å². The summed E-state index contributed by atoms with van der Waals surface area (Å²) in [5.74, 6) is 0.730. The highest BCUT2D eigenvalue weighted by atomic mass is 35.5. The summed E-state index contributed by atoms with van der Waals surface area (Å²) in [5.41, 5.74) is 2.15. The number of fused-ring (bicyclic) bond motifs is 1. The first-order chi connectivity index (χ1) is 9.74. The maximum atomic E-state index is 6.05. The minimum Gasteiger partial charge on any atom is -0.381 e. The molecule has 3 rings (SSSR count). The topological polar surface area (TPSA) is 24.9 Å². The van der Waals surface area contributed by atoms with E-state index in [2.05, 4.69) is 29.4 Å². The molecule has 2 unspecified atom stereocenters. The number of hydrogen-bond donors (Lipinski definition) is 1. The van der Waals surface area contributed by atoms with Gasteiger partial charge in [0.15, 0.2) is 0 Å². The molecule has 1 aliphatic carbocycles. The van der Waals surface area contributed by atoms with Crippen LogP contribution in [0.25, 0.3) is 10.9 Å². The first-order valence-corrected chi connectivity index (χ1v) is 7.92. The van der Waals surface area contributed by atoms with Crippen molar-refractivity contribution in [3.63, 3.8) is 0 Å². The molecule has 0 amide bonds. The van der Waals surface area contributed by atoms with Crippen LogP contribution in [0.1, 0.15) is 39.0 Å². The van der Waals surface area contributed by atoms with Gasteiger partial charge in [-0.1, -0.05) is 37.8 Å². The lowest BCUT2D eigenvalue weighted by Gasteiger charge is -2.24. The summed E-state index contributed by atoms with van der Waals surface area (Å²) in [7, 11) is 0. The Hall–Kier alpha value is -1.28. The fourth-order valence-electron chi connectivity index (χ4n) is 3.15. The molecule has 1 N–H and O–H groups in total. The standard InChI is InChI=1S/C17H21ClN2/c1-12-5-3-2-4-6-15(12)20-16-9-10-19-17-11-13(18)7-8-14(16)17/h7-12,15H,2-6H2,1H3,(H,19,20). The van der Waals surface area contributed by atoms with Crippen LogP contribution < -0.4 is 5.32 Å². The van der Waals surface area contributed by atoms with Crippen LogP contribution in [0.15, 0.2) is 30.5 Å². The lowest BCUT2D eigenvalue weighted by atomic mass is 9.96. The van der Waals surface area contributed by atoms with Crippen molar-refractivity contribution in [1.82, 2.24) is 4.98 Å². The molecule has 1 fully saturated rings. The second kappa shape index (κ2) is 6.01. The van der Waals surface area contributed by atoms with Gasteiger partial charge in [0.2, 0.25) is 0 Å². The van der Waals surface area contributed by atoms with Crippen molar-refractivity contribution < 1.29 is 0 Å². The van der Waals surface area contributed by atoms with Gasteiger partial charge >= 0.3 is 0 Å². The summed E-state index contributed by atoms with van der Waals surface area (Å²) in [5, 5.41) is 5.65. The fourth-order valence-corrected chi connectivity index (χ4v) is 3.32. The Morgan fingerprint density at radius 2 is 2.00 bits per heavy atom. The Morgan fingerprint density at radius 3 is 2.90 bits per heavy atom. The molecule has 0 bridgehead atoms. The van der Waals surface area contributed by atoms with Crippen molar-refractivity contribution in [2.45, 2.75) is 45.1 Å². The molecular weight excluding hydrogens is 268 g/mol. The second-order valence-electron chi connectivity index (χ2n) is 5.89. The normalized spacial score (nSPS) is 23.5. The Bertz CT molecular complexity index is 597. The van der Waals surface area contributed by atoms with Gasteiger partial charge in [0.25, 0.3) is 0 Å². The lowest BCUT2D eigenvalue weighted by Crippen LogP contribution is -2.26. The molecule has 0 radical (unpaired) electrons. The van der Waals surface area contributed by atoms with Crippen LogP contribution in [0, 0.1) is 5.92 Å². The zero-order valence-corrected chi connectivity index (χ0v) is 12.7. The van der Waals surface area contributed by atoms with Crippen LogP contribution in [0.2, 0.25) is 5.02 Å². The highest BCUT2D eigenvalue weighted by molar-refractivity contribution is 6.31. The van der Waals surface area contributed by atoms with Gasteiger partial charge in [0.05, 0.1) is 5.52 Å². The van der Waals surface area contributed by atoms with E-state index in [1.807, 2.05) is 18.3 Å². The predicted octanol–water partition coefficient (Wildman–Crippen LogP) is 5.27. The Balaban J connectivity index is 1.90. The molecule has 3 heteroatoms. The number of aromatic nitrogens is 1. The fraction of sp³-hybridized carbons (Fsp3) is 0.471. The summed E-state index contributed by atoms with van der Waals surface area (Å²) in [6.07, 6.45) is 8.52. The first kappa shape index (κ1) is 13.7. The van der Waals surface area contributed by atoms with Gasteiger partial charge in [-0.05, 0) is 43.0 Å². The quantitative estimate of drug-likeness (QED) is 0.762. The van der Waals surface area contributed by atoms with Crippen molar-refractivity contribution in [2.24, 2.45) is 5.92 Å². The molecule has 1 saturated carbocycles. The number of anilines is 1. The average Bonchev–Trinajstić information content (AvgIpc) is 2.64. The SMILES string of the molecule is CC1CCCCCC1Nc1ccnc2cc(Cl)ccc12. The van der Waals surface area contributed by atoms with Crippen molar-refractivity contribution in [3.05, 3.63) is 35.5 Å². The average molecular weight is 289 g/mol. The van der Waals surface area contributed by atoms with Crippen molar-refractivity contribution in [1.29, 1.82) is 0 Å². The van der Waals surface area contributed by atoms with E-state index in [1.54, 1.807) is 0 Å². The number of halogens is 1. The molecular formula is C17H21ClN2. The lowest BCUT2D eigenvalue weighted by molar-refractivity contribution is 0.457. The summed E-state index contributed by atoms with van der Waals surface area (Å²) in [6.45, 7) is 2.36. The largest absolute Gasteiger partial charge is 0.381 e. The van der Waals surface area contributed by atoms with Crippen LogP contribution in [0.4, 0.5) is 5.69 Å². The van der Waals surface area contributed by atoms with E-state index in [-0.39, 0.29) is 0 Å². The molecule has 1 aromatic heterocycles. The van der Waals surface area contributed by atoms with Gasteiger partial charge < -0.3 is 5.32 Å². The Kier molecular flexibility index (Phi) is 4.11. The molecule has 20 heavy (non-hydrogen) atoms. The molecule has 2 aromatic rings. The molecule has 2 atom stereocenters. The van der Waals surface area contributed by atoms with E-state index in [9.17, 15) is 0 Å². The van der Waals surface area contributed by atoms with Crippen LogP contribution in [-0.2, 0) is 0 Å². The number of nitrogens with one attached hydrogen (secondary N) is 1. The smallest absolute Gasteiger partial charge is 0.0737 e. The molecule has 106 valence electrons. The summed E-state index contributed by atoms with van der Waals surface area (Å²) in [4.78, 5) is 4.41. The summed E-state index contributed by atoms with van der Waals surface area (Å²) < 4.78 is 0. The molecule has 0 spiro atoms. The zero-order chi connectivity index (χ0) is 13.9. The third-order valence-corrected chi connectivity index (χ3v) is 4.64. The van der Waals surface area contributed by atoms with Crippen LogP contribution in [-0.4, -0.2) is 11.0 Å². The number of rotatable bonds is 2. The third kappa shape index (κ3) is 2.90. The molecule has 0 saturated heterocycles. The van der Waals surface area contributed by atoms with Gasteiger partial charge in [-0.25, -0.2) is 0 Å². The minimum atomic E-state index is 0.568. The van der Waals surface area contributed by atoms with Gasteiger partial charge in [-0.2, -0.15) is 0 Å². The molecule has 0 aliphatic heterocycles. The third-order valence-electron chi connectivity index (χ3n) is 4.41. The van der Waals surface area contributed by atoms with Crippen LogP contribution >= 0.6 is 11.6 Å². The van der Waals surface area contributed by atoms with E-state index in [1.165, 1.54) is 37.8 Å². The highest BCUT2D eigenvalue weighted by Gasteiger charge is 2.20. The van der Waals surface area contributed by atoms with Crippen LogP contribution in [0.3, 0.4) is 0 Å². The van der Waals surface area contributed by atoms with E-state index in [0.717, 1.165) is 21.8 Å². The zero-order valence-electron chi connectivity index (χ0n) is 11.9. The Labute approximate surface area is 125 Å². The van der Waals surface area contributed by atoms with Gasteiger partial charge in [0.1, 0.15) is 0 Å². The maximum absolute atomic E-state index is 6.05. The van der Waals surface area contributed by atoms with E-state index < -0.39 is 0 Å². The van der Waals surface area contributed by atoms with Crippen molar-refractivity contribution >= 4 is 28.2 Å². The van der Waals surface area contributed by atoms with Gasteiger partial charge in [-0.15, -0.1) is 0 Å². The second-order valence-corrected chi connectivity index (χ2v) is 6.32. The molecule has 1 aliphatic rings. The van der Waals surface area contributed by atoms with Gasteiger partial charge in [0, 0.05) is 28.3 Å². The monoisotopic (exact) mass is 288 g/mol. The highest BCUT2D eigenvalue weighted by Crippen LogP contribution is 2.29. The number of benzene rings is 1. The number of nitrogens with zero attached hydrogens (tertiary/aromatic N) is 1. The van der Waals surface area contributed by atoms with E-state index >= 15 is 0 Å². The first-order valence-electron chi connectivity index (χ1n) is 7.55. The van der Waals surface area contributed by atoms with Crippen LogP contribution in [0.5, 0.6) is 0 Å². The van der Waals surface area contributed by atoms with E-state index in [4.69, 9.17) is 11.6 Å².